The number of likely N-dealkylation sites (tertiary alicyclic amines) is 1. The van der Waals surface area contributed by atoms with Gasteiger partial charge in [-0.05, 0) is 68.3 Å². The fourth-order valence-electron chi connectivity index (χ4n) is 6.06. The molecule has 2 aromatic rings. The number of carboxylic acid groups (broad SMARTS) is 1. The summed E-state index contributed by atoms with van der Waals surface area (Å²) in [7, 11) is -2.39. The van der Waals surface area contributed by atoms with Gasteiger partial charge in [-0.2, -0.15) is 0 Å². The van der Waals surface area contributed by atoms with Crippen molar-refractivity contribution in [2.75, 3.05) is 13.7 Å². The van der Waals surface area contributed by atoms with E-state index in [1.54, 1.807) is 31.2 Å². The first-order chi connectivity index (χ1) is 23.3. The smallest absolute Gasteiger partial charge is 0.405 e. The number of allylic oxidation sites excluding steroid dienone is 2. The molecule has 3 fully saturated rings. The van der Waals surface area contributed by atoms with Crippen LogP contribution in [0.15, 0.2) is 55.3 Å². The zero-order valence-electron chi connectivity index (χ0n) is 27.1. The predicted molar refractivity (Wildman–Crippen MR) is 176 cm³/mol. The van der Waals surface area contributed by atoms with Gasteiger partial charge in [0.1, 0.15) is 29.5 Å². The number of carbonyl (C=O) groups is 5. The van der Waals surface area contributed by atoms with Crippen molar-refractivity contribution >= 4 is 50.4 Å². The minimum atomic E-state index is -3.93. The largest absolute Gasteiger partial charge is 0.497 e. The first-order valence-electron chi connectivity index (χ1n) is 15.9. The second-order valence-electron chi connectivity index (χ2n) is 12.4. The van der Waals surface area contributed by atoms with E-state index >= 15 is 0 Å². The van der Waals surface area contributed by atoms with Crippen LogP contribution < -0.4 is 24.8 Å². The molecule has 4 N–H and O–H groups in total. The van der Waals surface area contributed by atoms with E-state index in [9.17, 15) is 37.5 Å². The number of ketones is 1. The Hall–Kier alpha value is -4.99. The highest BCUT2D eigenvalue weighted by molar-refractivity contribution is 7.91. The summed E-state index contributed by atoms with van der Waals surface area (Å²) in [6.45, 7) is 5.20. The maximum atomic E-state index is 14.0. The molecule has 0 unspecified atom stereocenters. The average Bonchev–Trinajstić information content (AvgIpc) is 3.99. The second kappa shape index (κ2) is 14.2. The number of benzene rings is 1. The fraction of sp³-hybridized carbons (Fsp3) is 0.455. The molecule has 1 saturated heterocycles. The molecule has 0 spiro atoms. The lowest BCUT2D eigenvalue weighted by molar-refractivity contribution is -0.141. The molecule has 1 aromatic heterocycles. The predicted octanol–water partition coefficient (Wildman–Crippen LogP) is 1.82. The molecular weight excluding hydrogens is 658 g/mol. The number of methoxy groups -OCH3 is 1. The Morgan fingerprint density at radius 3 is 2.59 bits per heavy atom. The van der Waals surface area contributed by atoms with Gasteiger partial charge in [0.15, 0.2) is 5.78 Å². The Labute approximate surface area is 283 Å². The first kappa shape index (κ1) is 35.3. The van der Waals surface area contributed by atoms with Crippen molar-refractivity contribution in [3.05, 3.63) is 55.3 Å². The zero-order valence-corrected chi connectivity index (χ0v) is 27.9. The average molecular weight is 698 g/mol. The van der Waals surface area contributed by atoms with Crippen molar-refractivity contribution in [2.24, 2.45) is 5.92 Å². The first-order valence-corrected chi connectivity index (χ1v) is 17.4. The van der Waals surface area contributed by atoms with Crippen LogP contribution in [0.25, 0.3) is 10.8 Å². The number of ether oxygens (including phenoxy) is 2. The Morgan fingerprint density at radius 2 is 1.96 bits per heavy atom. The van der Waals surface area contributed by atoms with Crippen molar-refractivity contribution in [1.29, 1.82) is 0 Å². The zero-order chi connectivity index (χ0) is 35.5. The van der Waals surface area contributed by atoms with Crippen molar-refractivity contribution in [1.82, 2.24) is 25.2 Å². The van der Waals surface area contributed by atoms with Gasteiger partial charge < -0.3 is 30.1 Å². The Balaban J connectivity index is 1.42. The van der Waals surface area contributed by atoms with Gasteiger partial charge >= 0.3 is 6.09 Å². The lowest BCUT2D eigenvalue weighted by Crippen LogP contribution is -2.58. The quantitative estimate of drug-likeness (QED) is 0.156. The Bertz CT molecular complexity index is 1810. The molecule has 1 aliphatic heterocycles. The minimum absolute atomic E-state index is 0.0695. The van der Waals surface area contributed by atoms with Gasteiger partial charge in [0.2, 0.25) is 27.7 Å². The molecule has 16 heteroatoms. The van der Waals surface area contributed by atoms with Crippen LogP contribution in [0.5, 0.6) is 11.6 Å². The molecule has 49 heavy (non-hydrogen) atoms. The normalized spacial score (nSPS) is 23.8. The SMILES string of the molecule is C=C[C@@H]1C[C@]1(NC(=O)[C@@H]1C[C@@H](Oc2nccc3cc(OC)ccc23)CN1C(=O)[C@H](CCC(=O)/C=C/C)NC(=O)O)C(=O)NS(=O)(=O)C1CC1. The number of nitrogens with one attached hydrogen (secondary N) is 3. The highest BCUT2D eigenvalue weighted by Crippen LogP contribution is 2.45. The number of rotatable bonds is 15. The Morgan fingerprint density at radius 1 is 1.20 bits per heavy atom. The monoisotopic (exact) mass is 697 g/mol. The number of amides is 4. The van der Waals surface area contributed by atoms with E-state index in [-0.39, 0.29) is 43.9 Å². The van der Waals surface area contributed by atoms with Crippen molar-refractivity contribution in [3.8, 4) is 11.6 Å². The number of hydrogen-bond acceptors (Lipinski definition) is 10. The van der Waals surface area contributed by atoms with Gasteiger partial charge in [-0.1, -0.05) is 12.2 Å². The number of sulfonamides is 1. The number of nitrogens with zero attached hydrogens (tertiary/aromatic N) is 2. The number of pyridine rings is 1. The van der Waals surface area contributed by atoms with Crippen LogP contribution in [-0.2, 0) is 29.2 Å². The molecule has 5 rings (SSSR count). The number of hydrogen-bond donors (Lipinski definition) is 4. The van der Waals surface area contributed by atoms with Crippen LogP contribution in [0.3, 0.4) is 0 Å². The number of carbonyl (C=O) groups excluding carboxylic acids is 4. The minimum Gasteiger partial charge on any atom is -0.497 e. The standard InChI is InChI=1S/C33H39N5O10S/c1-4-6-21(39)7-12-26(35-32(43)44)30(41)38-18-23(48-29-25-11-8-22(47-3)15-19(25)13-14-34-29)16-27(38)28(40)36-33(17-20(33)5-2)31(42)37-49(45,46)24-9-10-24/h4-6,8,11,13-15,20,23-24,26-27,35H,2,7,9-10,12,16-18H2,1,3H3,(H,36,40)(H,37,42)(H,43,44)/b6-4+/t20-,23-,26+,27+,33-/m1/s1. The maximum Gasteiger partial charge on any atom is 0.405 e. The van der Waals surface area contributed by atoms with Crippen molar-refractivity contribution in [2.45, 2.75) is 74.4 Å². The van der Waals surface area contributed by atoms with E-state index < -0.39 is 68.7 Å². The molecule has 1 aromatic carbocycles. The number of fused-ring (bicyclic) bond motifs is 1. The van der Waals surface area contributed by atoms with E-state index in [0.29, 0.717) is 24.0 Å². The van der Waals surface area contributed by atoms with Crippen LogP contribution in [0.4, 0.5) is 4.79 Å². The molecule has 2 heterocycles. The molecule has 15 nitrogen and oxygen atoms in total. The molecule has 4 amide bonds. The summed E-state index contributed by atoms with van der Waals surface area (Å²) < 4.78 is 38.8. The highest BCUT2D eigenvalue weighted by atomic mass is 32.2. The third kappa shape index (κ3) is 7.85. The highest BCUT2D eigenvalue weighted by Gasteiger charge is 2.62. The third-order valence-electron chi connectivity index (χ3n) is 8.94. The van der Waals surface area contributed by atoms with Crippen LogP contribution in [0.1, 0.15) is 45.4 Å². The van der Waals surface area contributed by atoms with Crippen LogP contribution in [0, 0.1) is 5.92 Å². The van der Waals surface area contributed by atoms with Gasteiger partial charge in [-0.3, -0.25) is 23.9 Å². The van der Waals surface area contributed by atoms with E-state index in [4.69, 9.17) is 9.47 Å². The third-order valence-corrected chi connectivity index (χ3v) is 10.8. The van der Waals surface area contributed by atoms with Gasteiger partial charge in [-0.15, -0.1) is 6.58 Å². The molecule has 2 aliphatic carbocycles. The lowest BCUT2D eigenvalue weighted by Gasteiger charge is -2.29. The molecule has 3 aliphatic rings. The molecule has 2 saturated carbocycles. The summed E-state index contributed by atoms with van der Waals surface area (Å²) in [6.07, 6.45) is 4.08. The van der Waals surface area contributed by atoms with Gasteiger partial charge in [0, 0.05) is 30.3 Å². The summed E-state index contributed by atoms with van der Waals surface area (Å²) in [5.74, 6) is -2.48. The van der Waals surface area contributed by atoms with Crippen LogP contribution in [0.2, 0.25) is 0 Å². The second-order valence-corrected chi connectivity index (χ2v) is 14.3. The summed E-state index contributed by atoms with van der Waals surface area (Å²) in [4.78, 5) is 70.7. The molecule has 5 atom stereocenters. The summed E-state index contributed by atoms with van der Waals surface area (Å²) >= 11 is 0. The van der Waals surface area contributed by atoms with Gasteiger partial charge in [0.05, 0.1) is 18.9 Å². The van der Waals surface area contributed by atoms with E-state index in [1.165, 1.54) is 31.5 Å². The Kier molecular flexibility index (Phi) is 10.3. The summed E-state index contributed by atoms with van der Waals surface area (Å²) in [5, 5.41) is 15.1. The van der Waals surface area contributed by atoms with Gasteiger partial charge in [-0.25, -0.2) is 18.2 Å². The summed E-state index contributed by atoms with van der Waals surface area (Å²) in [6, 6.07) is 4.41. The van der Waals surface area contributed by atoms with Crippen LogP contribution >= 0.6 is 0 Å². The van der Waals surface area contributed by atoms with Crippen molar-refractivity contribution in [3.63, 3.8) is 0 Å². The van der Waals surface area contributed by atoms with E-state index in [0.717, 1.165) is 10.3 Å². The molecule has 0 radical (unpaired) electrons. The van der Waals surface area contributed by atoms with Crippen LogP contribution in [-0.4, -0.2) is 95.6 Å². The molecular formula is C33H39N5O10S. The van der Waals surface area contributed by atoms with E-state index in [1.807, 2.05) is 0 Å². The molecule has 262 valence electrons. The maximum absolute atomic E-state index is 14.0. The fourth-order valence-corrected chi connectivity index (χ4v) is 7.43. The van der Waals surface area contributed by atoms with Crippen molar-refractivity contribution < 1.29 is 47.0 Å². The van der Waals surface area contributed by atoms with Gasteiger partial charge in [0.25, 0.3) is 5.91 Å². The topological polar surface area (TPSA) is 210 Å². The number of aromatic nitrogens is 1. The summed E-state index contributed by atoms with van der Waals surface area (Å²) in [5.41, 5.74) is -1.61. The lowest BCUT2D eigenvalue weighted by atomic mass is 10.1. The molecule has 0 bridgehead atoms. The van der Waals surface area contributed by atoms with E-state index in [2.05, 4.69) is 26.9 Å².